The van der Waals surface area contributed by atoms with Crippen molar-refractivity contribution in [2.75, 3.05) is 6.54 Å². The van der Waals surface area contributed by atoms with E-state index in [1.54, 1.807) is 18.6 Å². The molecule has 1 N–H and O–H groups in total. The molecule has 0 fully saturated rings. The van der Waals surface area contributed by atoms with E-state index >= 15 is 0 Å². The number of dihydropyridines is 1. The van der Waals surface area contributed by atoms with Crippen LogP contribution in [0.4, 0.5) is 0 Å². The number of nitrogens with one attached hydrogen (secondary N) is 1. The molecular weight excluding hydrogens is 232 g/mol. The SMILES string of the molecule is O=C1C=CC(C(=O)NCCCn2ccnc2)C=N1. The Morgan fingerprint density at radius 1 is 1.50 bits per heavy atom. The van der Waals surface area contributed by atoms with E-state index in [0.717, 1.165) is 13.0 Å². The number of aliphatic imine (C=N–C) groups is 1. The molecule has 6 heteroatoms. The Labute approximate surface area is 104 Å². The van der Waals surface area contributed by atoms with Gasteiger partial charge in [0.1, 0.15) is 0 Å². The van der Waals surface area contributed by atoms with Crippen LogP contribution in [0.2, 0.25) is 0 Å². The van der Waals surface area contributed by atoms with E-state index in [1.165, 1.54) is 12.3 Å². The predicted molar refractivity (Wildman–Crippen MR) is 66.0 cm³/mol. The molecule has 2 amide bonds. The number of aromatic nitrogens is 2. The van der Waals surface area contributed by atoms with Gasteiger partial charge < -0.3 is 9.88 Å². The Balaban J connectivity index is 1.67. The molecule has 0 bridgehead atoms. The lowest BCUT2D eigenvalue weighted by Crippen LogP contribution is -2.32. The van der Waals surface area contributed by atoms with Crippen LogP contribution < -0.4 is 5.32 Å². The fourth-order valence-electron chi connectivity index (χ4n) is 1.60. The summed E-state index contributed by atoms with van der Waals surface area (Å²) in [5, 5.41) is 2.80. The van der Waals surface area contributed by atoms with Crippen molar-refractivity contribution < 1.29 is 9.59 Å². The summed E-state index contributed by atoms with van der Waals surface area (Å²) < 4.78 is 1.95. The fraction of sp³-hybridized carbons (Fsp3) is 0.333. The van der Waals surface area contributed by atoms with E-state index in [2.05, 4.69) is 15.3 Å². The highest BCUT2D eigenvalue weighted by Crippen LogP contribution is 2.02. The molecule has 1 unspecified atom stereocenters. The van der Waals surface area contributed by atoms with Gasteiger partial charge in [-0.25, -0.2) is 9.98 Å². The first-order valence-corrected chi connectivity index (χ1v) is 5.75. The monoisotopic (exact) mass is 246 g/mol. The van der Waals surface area contributed by atoms with Crippen molar-refractivity contribution in [3.8, 4) is 0 Å². The zero-order valence-electron chi connectivity index (χ0n) is 9.82. The van der Waals surface area contributed by atoms with Crippen LogP contribution in [0.5, 0.6) is 0 Å². The number of imidazole rings is 1. The van der Waals surface area contributed by atoms with Crippen LogP contribution in [0, 0.1) is 5.92 Å². The van der Waals surface area contributed by atoms with E-state index in [9.17, 15) is 9.59 Å². The highest BCUT2D eigenvalue weighted by Gasteiger charge is 2.15. The molecular formula is C12H14N4O2. The second-order valence-corrected chi connectivity index (χ2v) is 3.95. The topological polar surface area (TPSA) is 76.3 Å². The first-order valence-electron chi connectivity index (χ1n) is 5.75. The first-order chi connectivity index (χ1) is 8.75. The maximum Gasteiger partial charge on any atom is 0.269 e. The Bertz CT molecular complexity index is 460. The number of hydrogen-bond donors (Lipinski definition) is 1. The molecule has 1 atom stereocenters. The van der Waals surface area contributed by atoms with Crippen molar-refractivity contribution in [2.45, 2.75) is 13.0 Å². The lowest BCUT2D eigenvalue weighted by Gasteiger charge is -2.10. The van der Waals surface area contributed by atoms with Gasteiger partial charge in [0.05, 0.1) is 12.2 Å². The Kier molecular flexibility index (Phi) is 4.01. The summed E-state index contributed by atoms with van der Waals surface area (Å²) in [6.07, 6.45) is 10.4. The van der Waals surface area contributed by atoms with Gasteiger partial charge >= 0.3 is 0 Å². The van der Waals surface area contributed by atoms with Crippen LogP contribution in [0.15, 0.2) is 35.9 Å². The highest BCUT2D eigenvalue weighted by atomic mass is 16.2. The molecule has 0 aromatic carbocycles. The van der Waals surface area contributed by atoms with Crippen molar-refractivity contribution in [3.63, 3.8) is 0 Å². The lowest BCUT2D eigenvalue weighted by molar-refractivity contribution is -0.121. The maximum absolute atomic E-state index is 11.7. The van der Waals surface area contributed by atoms with Gasteiger partial charge in [0, 0.05) is 37.8 Å². The minimum atomic E-state index is -0.434. The highest BCUT2D eigenvalue weighted by molar-refractivity contribution is 6.05. The molecule has 0 saturated heterocycles. The number of aryl methyl sites for hydroxylation is 1. The molecule has 2 heterocycles. The summed E-state index contributed by atoms with van der Waals surface area (Å²) in [5.74, 6) is -0.886. The van der Waals surface area contributed by atoms with Crippen LogP contribution in [0.3, 0.4) is 0 Å². The van der Waals surface area contributed by atoms with Gasteiger partial charge in [-0.05, 0) is 6.42 Å². The Hall–Kier alpha value is -2.24. The third-order valence-electron chi connectivity index (χ3n) is 2.56. The Morgan fingerprint density at radius 2 is 2.39 bits per heavy atom. The summed E-state index contributed by atoms with van der Waals surface area (Å²) in [7, 11) is 0. The number of carbonyl (C=O) groups excluding carboxylic acids is 2. The number of hydrogen-bond acceptors (Lipinski definition) is 3. The summed E-state index contributed by atoms with van der Waals surface area (Å²) in [6.45, 7) is 1.40. The number of nitrogens with zero attached hydrogens (tertiary/aromatic N) is 3. The van der Waals surface area contributed by atoms with Crippen molar-refractivity contribution in [1.29, 1.82) is 0 Å². The maximum atomic E-state index is 11.7. The second kappa shape index (κ2) is 5.90. The van der Waals surface area contributed by atoms with E-state index in [1.807, 2.05) is 10.8 Å². The minimum Gasteiger partial charge on any atom is -0.355 e. The normalized spacial score (nSPS) is 18.0. The van der Waals surface area contributed by atoms with E-state index in [0.29, 0.717) is 6.54 Å². The van der Waals surface area contributed by atoms with Gasteiger partial charge in [-0.2, -0.15) is 0 Å². The smallest absolute Gasteiger partial charge is 0.269 e. The first kappa shape index (κ1) is 12.2. The van der Waals surface area contributed by atoms with Crippen LogP contribution in [0.1, 0.15) is 6.42 Å². The van der Waals surface area contributed by atoms with Gasteiger partial charge in [-0.1, -0.05) is 6.08 Å². The van der Waals surface area contributed by atoms with Crippen molar-refractivity contribution >= 4 is 18.0 Å². The quantitative estimate of drug-likeness (QED) is 0.752. The van der Waals surface area contributed by atoms with Crippen LogP contribution in [0.25, 0.3) is 0 Å². The second-order valence-electron chi connectivity index (χ2n) is 3.95. The fourth-order valence-corrected chi connectivity index (χ4v) is 1.60. The standard InChI is InChI=1S/C12H14N4O2/c17-11-3-2-10(8-15-11)12(18)14-4-1-6-16-7-5-13-9-16/h2-3,5,7-10H,1,4,6H2,(H,14,18). The molecule has 6 nitrogen and oxygen atoms in total. The molecule has 1 aliphatic rings. The molecule has 1 aromatic rings. The molecule has 0 spiro atoms. The predicted octanol–water partition coefficient (Wildman–Crippen LogP) is 0.173. The van der Waals surface area contributed by atoms with Gasteiger partial charge in [0.2, 0.25) is 5.91 Å². The summed E-state index contributed by atoms with van der Waals surface area (Å²) >= 11 is 0. The van der Waals surface area contributed by atoms with Crippen molar-refractivity contribution in [1.82, 2.24) is 14.9 Å². The van der Waals surface area contributed by atoms with E-state index in [4.69, 9.17) is 0 Å². The molecule has 18 heavy (non-hydrogen) atoms. The number of rotatable bonds is 5. The third-order valence-corrected chi connectivity index (χ3v) is 2.56. The van der Waals surface area contributed by atoms with Gasteiger partial charge in [-0.3, -0.25) is 9.59 Å². The van der Waals surface area contributed by atoms with Gasteiger partial charge in [0.25, 0.3) is 5.91 Å². The molecule has 1 aliphatic heterocycles. The molecule has 0 aliphatic carbocycles. The average molecular weight is 246 g/mol. The summed E-state index contributed by atoms with van der Waals surface area (Å²) in [5.41, 5.74) is 0. The largest absolute Gasteiger partial charge is 0.355 e. The van der Waals surface area contributed by atoms with Crippen LogP contribution in [-0.2, 0) is 16.1 Å². The minimum absolute atomic E-state index is 0.131. The van der Waals surface area contributed by atoms with Crippen molar-refractivity contribution in [3.05, 3.63) is 30.9 Å². The van der Waals surface area contributed by atoms with E-state index < -0.39 is 5.92 Å². The van der Waals surface area contributed by atoms with E-state index in [-0.39, 0.29) is 11.8 Å². The van der Waals surface area contributed by atoms with Crippen LogP contribution in [-0.4, -0.2) is 34.1 Å². The third kappa shape index (κ3) is 3.38. The molecule has 0 radical (unpaired) electrons. The van der Waals surface area contributed by atoms with Crippen LogP contribution >= 0.6 is 0 Å². The number of amides is 2. The summed E-state index contributed by atoms with van der Waals surface area (Å²) in [4.78, 5) is 30.0. The van der Waals surface area contributed by atoms with Crippen molar-refractivity contribution in [2.24, 2.45) is 10.9 Å². The molecule has 1 aromatic heterocycles. The van der Waals surface area contributed by atoms with Gasteiger partial charge in [-0.15, -0.1) is 0 Å². The molecule has 94 valence electrons. The Morgan fingerprint density at radius 3 is 3.06 bits per heavy atom. The van der Waals surface area contributed by atoms with Gasteiger partial charge in [0.15, 0.2) is 0 Å². The lowest BCUT2D eigenvalue weighted by atomic mass is 10.1. The average Bonchev–Trinajstić information content (AvgIpc) is 2.88. The molecule has 0 saturated carbocycles. The molecule has 2 rings (SSSR count). The number of carbonyl (C=O) groups is 2. The summed E-state index contributed by atoms with van der Waals surface area (Å²) in [6, 6.07) is 0. The zero-order chi connectivity index (χ0) is 12.8. The zero-order valence-corrected chi connectivity index (χ0v) is 9.82.